The van der Waals surface area contributed by atoms with Crippen molar-refractivity contribution in [2.45, 2.75) is 44.4 Å². The molecule has 3 aliphatic rings. The minimum atomic E-state index is 0.181. The largest absolute Gasteiger partial charge is 0.342 e. The van der Waals surface area contributed by atoms with Gasteiger partial charge in [-0.2, -0.15) is 0 Å². The minimum absolute atomic E-state index is 0.181. The van der Waals surface area contributed by atoms with Crippen molar-refractivity contribution >= 4 is 5.91 Å². The van der Waals surface area contributed by atoms with Crippen LogP contribution in [0.15, 0.2) is 18.5 Å². The molecular weight excluding hydrogens is 262 g/mol. The molecule has 0 aromatic carbocycles. The Hall–Kier alpha value is -1.71. The normalized spacial score (nSPS) is 22.2. The number of aromatic nitrogens is 2. The predicted molar refractivity (Wildman–Crippen MR) is 79.9 cm³/mol. The molecule has 1 aromatic rings. The third-order valence-corrected chi connectivity index (χ3v) is 4.95. The van der Waals surface area contributed by atoms with Crippen molar-refractivity contribution in [3.63, 3.8) is 0 Å². The molecule has 0 saturated heterocycles. The maximum atomic E-state index is 12.6. The Bertz CT molecular complexity index is 584. The van der Waals surface area contributed by atoms with Crippen molar-refractivity contribution < 1.29 is 4.79 Å². The van der Waals surface area contributed by atoms with E-state index in [1.165, 1.54) is 29.8 Å². The summed E-state index contributed by atoms with van der Waals surface area (Å²) in [6.07, 6.45) is 12.1. The van der Waals surface area contributed by atoms with Crippen LogP contribution >= 0.6 is 0 Å². The van der Waals surface area contributed by atoms with Gasteiger partial charge in [-0.15, -0.1) is 0 Å². The lowest BCUT2D eigenvalue weighted by atomic mass is 10.0. The Kier molecular flexibility index (Phi) is 3.24. The molecule has 0 atom stereocenters. The molecule has 0 N–H and O–H groups in total. The van der Waals surface area contributed by atoms with Gasteiger partial charge in [-0.05, 0) is 37.7 Å². The zero-order chi connectivity index (χ0) is 14.2. The van der Waals surface area contributed by atoms with Gasteiger partial charge in [0.15, 0.2) is 0 Å². The average molecular weight is 283 g/mol. The van der Waals surface area contributed by atoms with Crippen LogP contribution in [0.1, 0.15) is 48.6 Å². The zero-order valence-corrected chi connectivity index (χ0v) is 12.3. The van der Waals surface area contributed by atoms with E-state index in [0.717, 1.165) is 38.8 Å². The number of carbonyl (C=O) groups excluding carboxylic acids is 1. The van der Waals surface area contributed by atoms with Gasteiger partial charge < -0.3 is 4.90 Å². The lowest BCUT2D eigenvalue weighted by Gasteiger charge is -2.23. The third kappa shape index (κ3) is 2.47. The number of nitrogens with zero attached hydrogens (tertiary/aromatic N) is 3. The summed E-state index contributed by atoms with van der Waals surface area (Å²) in [6, 6.07) is 0. The smallest absolute Gasteiger partial charge is 0.226 e. The minimum Gasteiger partial charge on any atom is -0.342 e. The maximum Gasteiger partial charge on any atom is 0.226 e. The van der Waals surface area contributed by atoms with E-state index in [1.54, 1.807) is 6.33 Å². The average Bonchev–Trinajstić information content (AvgIpc) is 3.25. The lowest BCUT2D eigenvalue weighted by Crippen LogP contribution is -2.37. The van der Waals surface area contributed by atoms with Gasteiger partial charge in [0.25, 0.3) is 0 Å². The molecule has 4 heteroatoms. The molecule has 1 aromatic heterocycles. The molecule has 2 heterocycles. The predicted octanol–water partition coefficient (Wildman–Crippen LogP) is 2.25. The number of fused-ring (bicyclic) bond motifs is 1. The SMILES string of the molecule is O=C(C1CC=CC1)N1CCc2ncnc(C3CC3)c2CC1. The summed E-state index contributed by atoms with van der Waals surface area (Å²) in [7, 11) is 0. The van der Waals surface area contributed by atoms with E-state index in [4.69, 9.17) is 0 Å². The fraction of sp³-hybridized carbons (Fsp3) is 0.588. The van der Waals surface area contributed by atoms with Crippen LogP contribution in [-0.2, 0) is 17.6 Å². The van der Waals surface area contributed by atoms with E-state index in [-0.39, 0.29) is 5.92 Å². The molecule has 110 valence electrons. The van der Waals surface area contributed by atoms with E-state index < -0.39 is 0 Å². The van der Waals surface area contributed by atoms with Crippen LogP contribution < -0.4 is 0 Å². The van der Waals surface area contributed by atoms with Crippen molar-refractivity contribution in [3.8, 4) is 0 Å². The van der Waals surface area contributed by atoms with Crippen molar-refractivity contribution in [2.75, 3.05) is 13.1 Å². The summed E-state index contributed by atoms with van der Waals surface area (Å²) in [5, 5.41) is 0. The van der Waals surface area contributed by atoms with E-state index in [0.29, 0.717) is 11.8 Å². The highest BCUT2D eigenvalue weighted by Crippen LogP contribution is 2.41. The molecule has 4 nitrogen and oxygen atoms in total. The Labute approximate surface area is 125 Å². The molecule has 1 amide bonds. The van der Waals surface area contributed by atoms with E-state index >= 15 is 0 Å². The van der Waals surface area contributed by atoms with Crippen molar-refractivity contribution in [3.05, 3.63) is 35.4 Å². The summed E-state index contributed by atoms with van der Waals surface area (Å²) >= 11 is 0. The van der Waals surface area contributed by atoms with Crippen LogP contribution in [0.2, 0.25) is 0 Å². The molecule has 1 saturated carbocycles. The van der Waals surface area contributed by atoms with Crippen LogP contribution in [0.4, 0.5) is 0 Å². The quantitative estimate of drug-likeness (QED) is 0.782. The van der Waals surface area contributed by atoms with E-state index in [9.17, 15) is 4.79 Å². The first-order valence-corrected chi connectivity index (χ1v) is 8.09. The summed E-state index contributed by atoms with van der Waals surface area (Å²) in [5.41, 5.74) is 3.77. The number of allylic oxidation sites excluding steroid dienone is 2. The Morgan fingerprint density at radius 2 is 1.86 bits per heavy atom. The molecule has 1 aliphatic heterocycles. The van der Waals surface area contributed by atoms with Gasteiger partial charge in [0, 0.05) is 37.0 Å². The van der Waals surface area contributed by atoms with Crippen molar-refractivity contribution in [2.24, 2.45) is 5.92 Å². The summed E-state index contributed by atoms with van der Waals surface area (Å²) in [6.45, 7) is 1.64. The highest BCUT2D eigenvalue weighted by molar-refractivity contribution is 5.79. The number of carbonyl (C=O) groups is 1. The number of hydrogen-bond donors (Lipinski definition) is 0. The van der Waals surface area contributed by atoms with Crippen LogP contribution in [0.25, 0.3) is 0 Å². The van der Waals surface area contributed by atoms with E-state index in [1.807, 2.05) is 0 Å². The van der Waals surface area contributed by atoms with Gasteiger partial charge >= 0.3 is 0 Å². The first-order chi connectivity index (χ1) is 10.3. The van der Waals surface area contributed by atoms with Gasteiger partial charge in [-0.25, -0.2) is 9.97 Å². The Balaban J connectivity index is 1.52. The van der Waals surface area contributed by atoms with Gasteiger partial charge in [-0.3, -0.25) is 4.79 Å². The molecule has 21 heavy (non-hydrogen) atoms. The van der Waals surface area contributed by atoms with E-state index in [2.05, 4.69) is 27.0 Å². The van der Waals surface area contributed by atoms with Crippen LogP contribution in [-0.4, -0.2) is 33.9 Å². The van der Waals surface area contributed by atoms with Gasteiger partial charge in [0.05, 0.1) is 5.69 Å². The molecule has 0 bridgehead atoms. The third-order valence-electron chi connectivity index (χ3n) is 4.95. The molecule has 0 unspecified atom stereocenters. The molecular formula is C17H21N3O. The van der Waals surface area contributed by atoms with Gasteiger partial charge in [0.1, 0.15) is 6.33 Å². The molecule has 4 rings (SSSR count). The van der Waals surface area contributed by atoms with Gasteiger partial charge in [0.2, 0.25) is 5.91 Å². The number of rotatable bonds is 2. The first-order valence-electron chi connectivity index (χ1n) is 8.09. The standard InChI is InChI=1S/C17H21N3O/c21-17(13-3-1-2-4-13)20-9-7-14-15(8-10-20)18-11-19-16(14)12-5-6-12/h1-2,11-13H,3-10H2. The highest BCUT2D eigenvalue weighted by Gasteiger charge is 2.31. The Morgan fingerprint density at radius 1 is 1.10 bits per heavy atom. The fourth-order valence-corrected chi connectivity index (χ4v) is 3.56. The molecule has 0 spiro atoms. The van der Waals surface area contributed by atoms with Crippen LogP contribution in [0.3, 0.4) is 0 Å². The Morgan fingerprint density at radius 3 is 2.62 bits per heavy atom. The maximum absolute atomic E-state index is 12.6. The van der Waals surface area contributed by atoms with Crippen molar-refractivity contribution in [1.29, 1.82) is 0 Å². The first kappa shape index (κ1) is 13.0. The second kappa shape index (κ2) is 5.24. The summed E-state index contributed by atoms with van der Waals surface area (Å²) < 4.78 is 0. The van der Waals surface area contributed by atoms with Crippen molar-refractivity contribution in [1.82, 2.24) is 14.9 Å². The van der Waals surface area contributed by atoms with Crippen LogP contribution in [0, 0.1) is 5.92 Å². The molecule has 2 aliphatic carbocycles. The summed E-state index contributed by atoms with van der Waals surface area (Å²) in [4.78, 5) is 23.6. The molecule has 1 fully saturated rings. The second-order valence-corrected chi connectivity index (χ2v) is 6.42. The topological polar surface area (TPSA) is 46.1 Å². The number of hydrogen-bond acceptors (Lipinski definition) is 3. The zero-order valence-electron chi connectivity index (χ0n) is 12.3. The monoisotopic (exact) mass is 283 g/mol. The summed E-state index contributed by atoms with van der Waals surface area (Å²) in [5.74, 6) is 1.16. The van der Waals surface area contributed by atoms with Crippen LogP contribution in [0.5, 0.6) is 0 Å². The fourth-order valence-electron chi connectivity index (χ4n) is 3.56. The lowest BCUT2D eigenvalue weighted by molar-refractivity contribution is -0.135. The van der Waals surface area contributed by atoms with Gasteiger partial charge in [-0.1, -0.05) is 12.2 Å². The highest BCUT2D eigenvalue weighted by atomic mass is 16.2. The second-order valence-electron chi connectivity index (χ2n) is 6.42. The molecule has 0 radical (unpaired) electrons. The number of amides is 1.